The average Bonchev–Trinajstić information content (AvgIpc) is 2.74. The van der Waals surface area contributed by atoms with E-state index in [1.54, 1.807) is 0 Å². The minimum atomic E-state index is -1.15. The Morgan fingerprint density at radius 3 is 2.68 bits per heavy atom. The number of nitrogens with zero attached hydrogens (tertiary/aromatic N) is 2. The number of carbonyl (C=O) groups excluding carboxylic acids is 1. The Hall–Kier alpha value is -1.37. The van der Waals surface area contributed by atoms with Crippen LogP contribution in [-0.4, -0.2) is 50.7 Å². The smallest absolute Gasteiger partial charge is 0.326 e. The van der Waals surface area contributed by atoms with E-state index in [-0.39, 0.29) is 28.7 Å². The lowest BCUT2D eigenvalue weighted by Crippen LogP contribution is -2.40. The minimum Gasteiger partial charge on any atom is -0.480 e. The van der Waals surface area contributed by atoms with Crippen molar-refractivity contribution >= 4 is 35.1 Å². The van der Waals surface area contributed by atoms with E-state index in [1.807, 2.05) is 0 Å². The van der Waals surface area contributed by atoms with Gasteiger partial charge in [-0.3, -0.25) is 4.79 Å². The van der Waals surface area contributed by atoms with Crippen molar-refractivity contribution in [1.82, 2.24) is 9.88 Å². The fourth-order valence-electron chi connectivity index (χ4n) is 1.98. The molecule has 2 rings (SSSR count). The number of aliphatic hydroxyl groups excluding tert-OH is 1. The van der Waals surface area contributed by atoms with Crippen molar-refractivity contribution in [3.05, 3.63) is 28.0 Å². The van der Waals surface area contributed by atoms with E-state index < -0.39 is 24.0 Å². The summed E-state index contributed by atoms with van der Waals surface area (Å²) in [6, 6.07) is 0.278. The molecule has 1 amide bonds. The normalized spacial score (nSPS) is 22.6. The fraction of sp³-hybridized carbons (Fsp3) is 0.364. The topological polar surface area (TPSA) is 90.7 Å². The Labute approximate surface area is 118 Å². The summed E-state index contributed by atoms with van der Waals surface area (Å²) >= 11 is 11.4. The summed E-state index contributed by atoms with van der Waals surface area (Å²) < 4.78 is 0. The van der Waals surface area contributed by atoms with Gasteiger partial charge in [-0.2, -0.15) is 0 Å². The van der Waals surface area contributed by atoms with Gasteiger partial charge in [0.25, 0.3) is 5.91 Å². The number of carboxylic acid groups (broad SMARTS) is 1. The molecule has 19 heavy (non-hydrogen) atoms. The Morgan fingerprint density at radius 2 is 2.11 bits per heavy atom. The number of aliphatic hydroxyl groups is 1. The number of halogens is 2. The molecule has 8 heteroatoms. The highest BCUT2D eigenvalue weighted by molar-refractivity contribution is 6.41. The molecule has 1 saturated heterocycles. The van der Waals surface area contributed by atoms with Crippen molar-refractivity contribution in [2.24, 2.45) is 0 Å². The van der Waals surface area contributed by atoms with Crippen LogP contribution in [0.3, 0.4) is 0 Å². The number of aliphatic carboxylic acids is 1. The number of likely N-dealkylation sites (tertiary alicyclic amines) is 1. The molecule has 0 saturated carbocycles. The highest BCUT2D eigenvalue weighted by Crippen LogP contribution is 2.24. The third-order valence-electron chi connectivity index (χ3n) is 2.87. The van der Waals surface area contributed by atoms with Crippen molar-refractivity contribution in [3.63, 3.8) is 0 Å². The predicted molar refractivity (Wildman–Crippen MR) is 67.3 cm³/mol. The molecular formula is C11H10Cl2N2O4. The zero-order chi connectivity index (χ0) is 14.2. The van der Waals surface area contributed by atoms with Gasteiger partial charge in [-0.05, 0) is 6.07 Å². The summed E-state index contributed by atoms with van der Waals surface area (Å²) in [6.45, 7) is -0.0317. The number of pyridine rings is 1. The van der Waals surface area contributed by atoms with Gasteiger partial charge in [0.15, 0.2) is 0 Å². The molecule has 0 spiro atoms. The number of hydrogen-bond donors (Lipinski definition) is 2. The number of carbonyl (C=O) groups is 2. The predicted octanol–water partition coefficient (Wildman–Crippen LogP) is 1.05. The summed E-state index contributed by atoms with van der Waals surface area (Å²) in [5.41, 5.74) is 0.134. The molecule has 1 aliphatic rings. The first kappa shape index (κ1) is 14.0. The Balaban J connectivity index is 2.27. The molecule has 1 aliphatic heterocycles. The van der Waals surface area contributed by atoms with Gasteiger partial charge >= 0.3 is 5.97 Å². The second kappa shape index (κ2) is 5.32. The van der Waals surface area contributed by atoms with Gasteiger partial charge in [0.05, 0.1) is 16.7 Å². The average molecular weight is 305 g/mol. The Kier molecular flexibility index (Phi) is 3.93. The molecule has 2 heterocycles. The van der Waals surface area contributed by atoms with Crippen LogP contribution < -0.4 is 0 Å². The fourth-order valence-corrected chi connectivity index (χ4v) is 2.25. The first-order chi connectivity index (χ1) is 8.90. The SMILES string of the molecule is O=C(O)[C@@H]1C[C@H](O)CN1C(=O)c1cnc(Cl)c(Cl)c1. The molecule has 2 N–H and O–H groups in total. The summed E-state index contributed by atoms with van der Waals surface area (Å²) in [7, 11) is 0. The third kappa shape index (κ3) is 2.80. The van der Waals surface area contributed by atoms with Gasteiger partial charge in [0, 0.05) is 19.2 Å². The van der Waals surface area contributed by atoms with E-state index in [2.05, 4.69) is 4.98 Å². The minimum absolute atomic E-state index is 0.00975. The number of hydrogen-bond acceptors (Lipinski definition) is 4. The molecule has 6 nitrogen and oxygen atoms in total. The highest BCUT2D eigenvalue weighted by Gasteiger charge is 2.39. The van der Waals surface area contributed by atoms with Crippen LogP contribution in [0, 0.1) is 0 Å². The molecular weight excluding hydrogens is 295 g/mol. The first-order valence-corrected chi connectivity index (χ1v) is 6.18. The lowest BCUT2D eigenvalue weighted by molar-refractivity contribution is -0.141. The highest BCUT2D eigenvalue weighted by atomic mass is 35.5. The lowest BCUT2D eigenvalue weighted by Gasteiger charge is -2.21. The number of carboxylic acids is 1. The summed E-state index contributed by atoms with van der Waals surface area (Å²) in [5, 5.41) is 18.7. The first-order valence-electron chi connectivity index (χ1n) is 5.43. The van der Waals surface area contributed by atoms with Gasteiger partial charge in [-0.25, -0.2) is 9.78 Å². The largest absolute Gasteiger partial charge is 0.480 e. The second-order valence-corrected chi connectivity index (χ2v) is 4.96. The maximum atomic E-state index is 12.2. The third-order valence-corrected chi connectivity index (χ3v) is 3.55. The number of β-amino-alcohol motifs (C(OH)–C–C–N with tert-alkyl or cyclic N) is 1. The quantitative estimate of drug-likeness (QED) is 0.797. The monoisotopic (exact) mass is 304 g/mol. The number of amides is 1. The van der Waals surface area contributed by atoms with Crippen molar-refractivity contribution in [2.75, 3.05) is 6.54 Å². The number of rotatable bonds is 2. The van der Waals surface area contributed by atoms with Crippen molar-refractivity contribution in [2.45, 2.75) is 18.6 Å². The lowest BCUT2D eigenvalue weighted by atomic mass is 10.2. The van der Waals surface area contributed by atoms with Crippen LogP contribution in [0.1, 0.15) is 16.8 Å². The molecule has 2 atom stereocenters. The summed E-state index contributed by atoms with van der Waals surface area (Å²) in [6.07, 6.45) is 0.386. The zero-order valence-electron chi connectivity index (χ0n) is 9.58. The van der Waals surface area contributed by atoms with Gasteiger partial charge in [-0.1, -0.05) is 23.2 Å². The zero-order valence-corrected chi connectivity index (χ0v) is 11.1. The molecule has 1 aromatic heterocycles. The van der Waals surface area contributed by atoms with E-state index in [0.29, 0.717) is 0 Å². The maximum Gasteiger partial charge on any atom is 0.326 e. The summed E-state index contributed by atoms with van der Waals surface area (Å²) in [4.78, 5) is 28.1. The molecule has 1 fully saturated rings. The molecule has 102 valence electrons. The van der Waals surface area contributed by atoms with E-state index >= 15 is 0 Å². The van der Waals surface area contributed by atoms with E-state index in [0.717, 1.165) is 4.90 Å². The van der Waals surface area contributed by atoms with Crippen LogP contribution in [0.2, 0.25) is 10.2 Å². The molecule has 0 aliphatic carbocycles. The van der Waals surface area contributed by atoms with E-state index in [1.165, 1.54) is 12.3 Å². The maximum absolute atomic E-state index is 12.2. The van der Waals surface area contributed by atoms with Crippen LogP contribution in [0.4, 0.5) is 0 Å². The van der Waals surface area contributed by atoms with Gasteiger partial charge in [-0.15, -0.1) is 0 Å². The van der Waals surface area contributed by atoms with Crippen LogP contribution >= 0.6 is 23.2 Å². The Morgan fingerprint density at radius 1 is 1.42 bits per heavy atom. The van der Waals surface area contributed by atoms with Crippen LogP contribution in [0.25, 0.3) is 0 Å². The van der Waals surface area contributed by atoms with Crippen molar-refractivity contribution < 1.29 is 19.8 Å². The van der Waals surface area contributed by atoms with Crippen molar-refractivity contribution in [3.8, 4) is 0 Å². The second-order valence-electron chi connectivity index (χ2n) is 4.20. The number of aromatic nitrogens is 1. The summed E-state index contributed by atoms with van der Waals surface area (Å²) in [5.74, 6) is -1.70. The van der Waals surface area contributed by atoms with Crippen LogP contribution in [0.5, 0.6) is 0 Å². The standard InChI is InChI=1S/C11H10Cl2N2O4/c12-7-1-5(3-14-9(7)13)10(17)15-4-6(16)2-8(15)11(18)19/h1,3,6,8,16H,2,4H2,(H,18,19)/t6-,8-/m0/s1. The van der Waals surface area contributed by atoms with Gasteiger partial charge in [0.2, 0.25) is 0 Å². The van der Waals surface area contributed by atoms with Crippen molar-refractivity contribution in [1.29, 1.82) is 0 Å². The van der Waals surface area contributed by atoms with Crippen LogP contribution in [-0.2, 0) is 4.79 Å². The Bertz CT molecular complexity index is 537. The van der Waals surface area contributed by atoms with Gasteiger partial charge < -0.3 is 15.1 Å². The van der Waals surface area contributed by atoms with E-state index in [4.69, 9.17) is 28.3 Å². The van der Waals surface area contributed by atoms with Crippen LogP contribution in [0.15, 0.2) is 12.3 Å². The molecule has 0 unspecified atom stereocenters. The molecule has 0 aromatic carbocycles. The van der Waals surface area contributed by atoms with E-state index in [9.17, 15) is 14.7 Å². The van der Waals surface area contributed by atoms with Gasteiger partial charge in [0.1, 0.15) is 11.2 Å². The molecule has 0 radical (unpaired) electrons. The molecule has 1 aromatic rings. The molecule has 0 bridgehead atoms.